The van der Waals surface area contributed by atoms with Gasteiger partial charge in [-0.25, -0.2) is 4.98 Å². The first-order valence-corrected chi connectivity index (χ1v) is 11.6. The molecule has 1 aliphatic rings. The molecule has 0 atom stereocenters. The summed E-state index contributed by atoms with van der Waals surface area (Å²) in [6, 6.07) is 19.0. The van der Waals surface area contributed by atoms with Crippen molar-refractivity contribution in [3.63, 3.8) is 0 Å². The van der Waals surface area contributed by atoms with E-state index < -0.39 is 0 Å². The number of nitrogens with one attached hydrogen (secondary N) is 1. The fraction of sp³-hybridized carbons (Fsp3) is 0.308. The predicted molar refractivity (Wildman–Crippen MR) is 134 cm³/mol. The van der Waals surface area contributed by atoms with E-state index in [1.165, 1.54) is 0 Å². The number of halogens is 1. The second kappa shape index (κ2) is 11.2. The summed E-state index contributed by atoms with van der Waals surface area (Å²) in [5.41, 5.74) is 1.97. The minimum Gasteiger partial charge on any atom is -0.497 e. The molecule has 1 amide bonds. The molecule has 1 aliphatic heterocycles. The number of anilines is 1. The number of ether oxygens (including phenoxy) is 2. The molecule has 7 nitrogen and oxygen atoms in total. The summed E-state index contributed by atoms with van der Waals surface area (Å²) in [6.07, 6.45) is 1.66. The van der Waals surface area contributed by atoms with E-state index in [0.717, 1.165) is 54.6 Å². The van der Waals surface area contributed by atoms with Crippen LogP contribution in [0.3, 0.4) is 0 Å². The molecule has 3 aromatic rings. The van der Waals surface area contributed by atoms with Crippen molar-refractivity contribution in [2.45, 2.75) is 6.04 Å². The molecule has 1 saturated heterocycles. The summed E-state index contributed by atoms with van der Waals surface area (Å²) in [7, 11) is 3.28. The highest BCUT2D eigenvalue weighted by Crippen LogP contribution is 2.26. The van der Waals surface area contributed by atoms with Crippen LogP contribution in [-0.2, 0) is 4.79 Å². The molecule has 0 aliphatic carbocycles. The van der Waals surface area contributed by atoms with Gasteiger partial charge in [0.25, 0.3) is 0 Å². The molecule has 2 aromatic carbocycles. The second-order valence-electron chi connectivity index (χ2n) is 8.14. The second-order valence-corrected chi connectivity index (χ2v) is 8.58. The molecule has 0 radical (unpaired) electrons. The van der Waals surface area contributed by atoms with Gasteiger partial charge in [0.2, 0.25) is 5.91 Å². The summed E-state index contributed by atoms with van der Waals surface area (Å²) in [4.78, 5) is 21.8. The Balaban J connectivity index is 1.40. The highest BCUT2D eigenvalue weighted by molar-refractivity contribution is 6.30. The Morgan fingerprint density at radius 2 is 1.47 bits per heavy atom. The number of pyridine rings is 1. The SMILES string of the molecule is COc1ccc(C(NC(=O)CN2CCN(c3ccc(Cl)cn3)CC2)c2ccc(OC)cc2)cc1. The number of hydrogen-bond donors (Lipinski definition) is 1. The number of amides is 1. The lowest BCUT2D eigenvalue weighted by molar-refractivity contribution is -0.122. The molecular weight excluding hydrogens is 452 g/mol. The first-order valence-electron chi connectivity index (χ1n) is 11.2. The Kier molecular flexibility index (Phi) is 7.87. The van der Waals surface area contributed by atoms with Gasteiger partial charge in [-0.2, -0.15) is 0 Å². The van der Waals surface area contributed by atoms with Crippen LogP contribution in [0.4, 0.5) is 5.82 Å². The van der Waals surface area contributed by atoms with Gasteiger partial charge >= 0.3 is 0 Å². The van der Waals surface area contributed by atoms with Crippen LogP contribution in [0, 0.1) is 0 Å². The molecule has 34 heavy (non-hydrogen) atoms. The lowest BCUT2D eigenvalue weighted by Crippen LogP contribution is -2.50. The number of piperazine rings is 1. The van der Waals surface area contributed by atoms with Crippen LogP contribution in [0.1, 0.15) is 17.2 Å². The third kappa shape index (κ3) is 5.98. The number of carbonyl (C=O) groups is 1. The number of hydrogen-bond acceptors (Lipinski definition) is 6. The first-order chi connectivity index (χ1) is 16.6. The summed E-state index contributed by atoms with van der Waals surface area (Å²) in [5.74, 6) is 2.44. The van der Waals surface area contributed by atoms with Crippen molar-refractivity contribution in [3.8, 4) is 11.5 Å². The summed E-state index contributed by atoms with van der Waals surface area (Å²) in [5, 5.41) is 3.85. The summed E-state index contributed by atoms with van der Waals surface area (Å²) < 4.78 is 10.6. The molecule has 178 valence electrons. The standard InChI is InChI=1S/C26H29ClN4O3/c1-33-22-8-3-19(4-9-22)26(20-5-10-23(34-2)11-6-20)29-25(32)18-30-13-15-31(16-14-30)24-12-7-21(27)17-28-24/h3-12,17,26H,13-16,18H2,1-2H3,(H,29,32). The third-order valence-corrected chi connectivity index (χ3v) is 6.20. The predicted octanol–water partition coefficient (Wildman–Crippen LogP) is 3.78. The number of nitrogens with zero attached hydrogens (tertiary/aromatic N) is 3. The van der Waals surface area contributed by atoms with E-state index in [4.69, 9.17) is 21.1 Å². The smallest absolute Gasteiger partial charge is 0.234 e. The fourth-order valence-corrected chi connectivity index (χ4v) is 4.16. The van der Waals surface area contributed by atoms with Gasteiger partial charge < -0.3 is 19.7 Å². The molecule has 0 bridgehead atoms. The van der Waals surface area contributed by atoms with E-state index in [9.17, 15) is 4.79 Å². The van der Waals surface area contributed by atoms with Crippen molar-refractivity contribution in [1.29, 1.82) is 0 Å². The van der Waals surface area contributed by atoms with Crippen LogP contribution >= 0.6 is 11.6 Å². The zero-order chi connectivity index (χ0) is 23.9. The van der Waals surface area contributed by atoms with Gasteiger partial charge in [0.1, 0.15) is 17.3 Å². The molecule has 1 fully saturated rings. The van der Waals surface area contributed by atoms with Crippen molar-refractivity contribution in [2.75, 3.05) is 51.8 Å². The Morgan fingerprint density at radius 3 is 1.94 bits per heavy atom. The quantitative estimate of drug-likeness (QED) is 0.529. The summed E-state index contributed by atoms with van der Waals surface area (Å²) in [6.45, 7) is 3.52. The lowest BCUT2D eigenvalue weighted by atomic mass is 9.98. The Morgan fingerprint density at radius 1 is 0.912 bits per heavy atom. The van der Waals surface area contributed by atoms with E-state index in [1.807, 2.05) is 60.7 Å². The lowest BCUT2D eigenvalue weighted by Gasteiger charge is -2.35. The number of carbonyl (C=O) groups excluding carboxylic acids is 1. The average molecular weight is 481 g/mol. The van der Waals surface area contributed by atoms with Crippen LogP contribution < -0.4 is 19.7 Å². The van der Waals surface area contributed by atoms with Crippen molar-refractivity contribution < 1.29 is 14.3 Å². The number of aromatic nitrogens is 1. The highest BCUT2D eigenvalue weighted by Gasteiger charge is 2.22. The molecule has 1 N–H and O–H groups in total. The third-order valence-electron chi connectivity index (χ3n) is 5.98. The average Bonchev–Trinajstić information content (AvgIpc) is 2.88. The molecule has 2 heterocycles. The maximum Gasteiger partial charge on any atom is 0.234 e. The molecule has 8 heteroatoms. The van der Waals surface area contributed by atoms with Gasteiger partial charge in [-0.3, -0.25) is 9.69 Å². The van der Waals surface area contributed by atoms with Gasteiger partial charge in [-0.05, 0) is 47.5 Å². The maximum atomic E-state index is 13.1. The fourth-order valence-electron chi connectivity index (χ4n) is 4.05. The maximum absolute atomic E-state index is 13.1. The monoisotopic (exact) mass is 480 g/mol. The molecule has 4 rings (SSSR count). The van der Waals surface area contributed by atoms with Crippen molar-refractivity contribution in [3.05, 3.63) is 83.0 Å². The minimum absolute atomic E-state index is 0.0188. The largest absolute Gasteiger partial charge is 0.497 e. The van der Waals surface area contributed by atoms with Crippen LogP contribution in [0.5, 0.6) is 11.5 Å². The Labute approximate surface area is 205 Å². The van der Waals surface area contributed by atoms with E-state index in [2.05, 4.69) is 20.1 Å². The highest BCUT2D eigenvalue weighted by atomic mass is 35.5. The first kappa shape index (κ1) is 23.9. The van der Waals surface area contributed by atoms with Crippen LogP contribution in [0.15, 0.2) is 66.9 Å². The van der Waals surface area contributed by atoms with Crippen LogP contribution in [-0.4, -0.2) is 62.7 Å². The molecule has 1 aromatic heterocycles. The van der Waals surface area contributed by atoms with E-state index in [1.54, 1.807) is 20.4 Å². The van der Waals surface area contributed by atoms with E-state index >= 15 is 0 Å². The van der Waals surface area contributed by atoms with E-state index in [-0.39, 0.29) is 11.9 Å². The normalized spacial score (nSPS) is 14.2. The molecule has 0 saturated carbocycles. The van der Waals surface area contributed by atoms with Crippen LogP contribution in [0.25, 0.3) is 0 Å². The van der Waals surface area contributed by atoms with Crippen molar-refractivity contribution in [1.82, 2.24) is 15.2 Å². The van der Waals surface area contributed by atoms with Gasteiger partial charge in [0.05, 0.1) is 31.8 Å². The zero-order valence-corrected chi connectivity index (χ0v) is 20.2. The van der Waals surface area contributed by atoms with E-state index in [0.29, 0.717) is 11.6 Å². The zero-order valence-electron chi connectivity index (χ0n) is 19.4. The minimum atomic E-state index is -0.274. The Hall–Kier alpha value is -3.29. The van der Waals surface area contributed by atoms with Crippen LogP contribution in [0.2, 0.25) is 5.02 Å². The number of benzene rings is 2. The van der Waals surface area contributed by atoms with Gasteiger partial charge in [0.15, 0.2) is 0 Å². The Bertz CT molecular complexity index is 1020. The molecule has 0 unspecified atom stereocenters. The van der Waals surface area contributed by atoms with Gasteiger partial charge in [0, 0.05) is 32.4 Å². The number of methoxy groups -OCH3 is 2. The molecule has 0 spiro atoms. The summed E-state index contributed by atoms with van der Waals surface area (Å²) >= 11 is 5.95. The number of rotatable bonds is 8. The van der Waals surface area contributed by atoms with Crippen molar-refractivity contribution >= 4 is 23.3 Å². The van der Waals surface area contributed by atoms with Gasteiger partial charge in [-0.15, -0.1) is 0 Å². The molecular formula is C26H29ClN4O3. The topological polar surface area (TPSA) is 66.9 Å². The van der Waals surface area contributed by atoms with Gasteiger partial charge in [-0.1, -0.05) is 35.9 Å². The van der Waals surface area contributed by atoms with Crippen molar-refractivity contribution in [2.24, 2.45) is 0 Å².